The number of nitrogens with two attached hydrogens (primary N) is 1. The fourth-order valence-electron chi connectivity index (χ4n) is 2.05. The number of hydrogen-bond acceptors (Lipinski definition) is 4. The molecule has 0 saturated carbocycles. The molecule has 6 heteroatoms. The fraction of sp³-hybridized carbons (Fsp3) is 0.333. The third-order valence-electron chi connectivity index (χ3n) is 2.91. The predicted molar refractivity (Wildman–Crippen MR) is 73.9 cm³/mol. The van der Waals surface area contributed by atoms with Gasteiger partial charge in [-0.15, -0.1) is 0 Å². The van der Waals surface area contributed by atoms with Crippen LogP contribution in [0.25, 0.3) is 5.82 Å². The highest BCUT2D eigenvalue weighted by molar-refractivity contribution is 7.80. The van der Waals surface area contributed by atoms with Gasteiger partial charge in [0.05, 0.1) is 5.69 Å². The smallest absolute Gasteiger partial charge is 0.182 e. The van der Waals surface area contributed by atoms with Crippen LogP contribution in [-0.2, 0) is 6.42 Å². The molecule has 0 atom stereocenters. The molecular formula is C12H15N5S. The Morgan fingerprint density at radius 1 is 1.33 bits per heavy atom. The second-order valence-corrected chi connectivity index (χ2v) is 4.45. The summed E-state index contributed by atoms with van der Waals surface area (Å²) in [5.74, 6) is 0.588. The molecule has 0 aromatic carbocycles. The van der Waals surface area contributed by atoms with Gasteiger partial charge in [0.25, 0.3) is 0 Å². The third-order valence-corrected chi connectivity index (χ3v) is 3.10. The molecule has 0 fully saturated rings. The normalized spacial score (nSPS) is 10.6. The number of aromatic nitrogens is 4. The van der Waals surface area contributed by atoms with E-state index in [1.165, 1.54) is 5.56 Å². The third kappa shape index (κ3) is 1.99. The van der Waals surface area contributed by atoms with Crippen molar-refractivity contribution in [2.24, 2.45) is 5.73 Å². The molecule has 0 aliphatic heterocycles. The summed E-state index contributed by atoms with van der Waals surface area (Å²) in [6.45, 7) is 6.10. The Hall–Kier alpha value is -1.82. The summed E-state index contributed by atoms with van der Waals surface area (Å²) in [6, 6.07) is 0. The fourth-order valence-corrected chi connectivity index (χ4v) is 2.20. The van der Waals surface area contributed by atoms with Gasteiger partial charge in [-0.05, 0) is 25.8 Å². The van der Waals surface area contributed by atoms with E-state index in [4.69, 9.17) is 18.0 Å². The summed E-state index contributed by atoms with van der Waals surface area (Å²) < 4.78 is 1.76. The highest BCUT2D eigenvalue weighted by atomic mass is 32.1. The molecule has 0 aliphatic rings. The second kappa shape index (κ2) is 4.81. The minimum absolute atomic E-state index is 0.226. The van der Waals surface area contributed by atoms with Gasteiger partial charge in [0.2, 0.25) is 0 Å². The van der Waals surface area contributed by atoms with Crippen molar-refractivity contribution < 1.29 is 0 Å². The maximum absolute atomic E-state index is 5.67. The van der Waals surface area contributed by atoms with Crippen LogP contribution in [0.15, 0.2) is 12.4 Å². The first-order valence-electron chi connectivity index (χ1n) is 5.72. The highest BCUT2D eigenvalue weighted by Crippen LogP contribution is 2.18. The SMILES string of the molecule is CCc1c(C)nn(-c2nccnc2C(N)=S)c1C. The van der Waals surface area contributed by atoms with Crippen molar-refractivity contribution in [3.8, 4) is 5.82 Å². The molecule has 0 saturated heterocycles. The first-order chi connectivity index (χ1) is 8.56. The molecule has 0 spiro atoms. The van der Waals surface area contributed by atoms with Crippen LogP contribution in [0, 0.1) is 13.8 Å². The van der Waals surface area contributed by atoms with Crippen LogP contribution in [0.5, 0.6) is 0 Å². The molecule has 94 valence electrons. The summed E-state index contributed by atoms with van der Waals surface area (Å²) in [5, 5.41) is 4.49. The summed E-state index contributed by atoms with van der Waals surface area (Å²) in [5.41, 5.74) is 9.43. The van der Waals surface area contributed by atoms with Gasteiger partial charge >= 0.3 is 0 Å². The van der Waals surface area contributed by atoms with Gasteiger partial charge in [0, 0.05) is 18.1 Å². The Kier molecular flexibility index (Phi) is 3.38. The Labute approximate surface area is 111 Å². The van der Waals surface area contributed by atoms with E-state index in [1.54, 1.807) is 17.1 Å². The summed E-state index contributed by atoms with van der Waals surface area (Å²) >= 11 is 5.00. The standard InChI is InChI=1S/C12H15N5S/c1-4-9-7(2)16-17(8(9)3)12-10(11(13)18)14-5-6-15-12/h5-6H,4H2,1-3H3,(H2,13,18). The molecule has 2 aromatic heterocycles. The molecule has 0 bridgehead atoms. The van der Waals surface area contributed by atoms with E-state index in [1.807, 2.05) is 13.8 Å². The Morgan fingerprint density at radius 2 is 2.00 bits per heavy atom. The Bertz CT molecular complexity index is 603. The van der Waals surface area contributed by atoms with Crippen LogP contribution in [0.1, 0.15) is 29.6 Å². The molecule has 0 unspecified atom stereocenters. The minimum atomic E-state index is 0.226. The molecule has 2 rings (SSSR count). The van der Waals surface area contributed by atoms with Gasteiger partial charge in [0.1, 0.15) is 10.7 Å². The van der Waals surface area contributed by atoms with Crippen molar-refractivity contribution in [2.75, 3.05) is 0 Å². The summed E-state index contributed by atoms with van der Waals surface area (Å²) in [4.78, 5) is 8.69. The van der Waals surface area contributed by atoms with Crippen molar-refractivity contribution >= 4 is 17.2 Å². The Morgan fingerprint density at radius 3 is 2.56 bits per heavy atom. The van der Waals surface area contributed by atoms with Gasteiger partial charge < -0.3 is 5.73 Å². The van der Waals surface area contributed by atoms with Crippen molar-refractivity contribution in [3.63, 3.8) is 0 Å². The molecular weight excluding hydrogens is 246 g/mol. The summed E-state index contributed by atoms with van der Waals surface area (Å²) in [7, 11) is 0. The van der Waals surface area contributed by atoms with E-state index in [0.29, 0.717) is 11.5 Å². The second-order valence-electron chi connectivity index (χ2n) is 4.01. The van der Waals surface area contributed by atoms with Gasteiger partial charge in [0.15, 0.2) is 5.82 Å². The molecule has 2 aromatic rings. The average molecular weight is 261 g/mol. The zero-order chi connectivity index (χ0) is 13.3. The van der Waals surface area contributed by atoms with Crippen LogP contribution in [0.4, 0.5) is 0 Å². The number of rotatable bonds is 3. The maximum atomic E-state index is 5.67. The van der Waals surface area contributed by atoms with Crippen molar-refractivity contribution in [3.05, 3.63) is 35.0 Å². The zero-order valence-electron chi connectivity index (χ0n) is 10.6. The van der Waals surface area contributed by atoms with Crippen LogP contribution in [0.3, 0.4) is 0 Å². The van der Waals surface area contributed by atoms with Crippen molar-refractivity contribution in [1.82, 2.24) is 19.7 Å². The molecule has 0 radical (unpaired) electrons. The van der Waals surface area contributed by atoms with E-state index in [9.17, 15) is 0 Å². The largest absolute Gasteiger partial charge is 0.388 e. The first kappa shape index (κ1) is 12.6. The number of nitrogens with zero attached hydrogens (tertiary/aromatic N) is 4. The molecule has 0 amide bonds. The maximum Gasteiger partial charge on any atom is 0.182 e. The van der Waals surface area contributed by atoms with Gasteiger partial charge in [-0.2, -0.15) is 5.10 Å². The van der Waals surface area contributed by atoms with E-state index in [0.717, 1.165) is 17.8 Å². The predicted octanol–water partition coefficient (Wildman–Crippen LogP) is 1.48. The lowest BCUT2D eigenvalue weighted by molar-refractivity contribution is 0.795. The zero-order valence-corrected chi connectivity index (χ0v) is 11.5. The first-order valence-corrected chi connectivity index (χ1v) is 6.13. The summed E-state index contributed by atoms with van der Waals surface area (Å²) in [6.07, 6.45) is 4.12. The van der Waals surface area contributed by atoms with Crippen LogP contribution in [0.2, 0.25) is 0 Å². The molecule has 2 N–H and O–H groups in total. The van der Waals surface area contributed by atoms with E-state index < -0.39 is 0 Å². The number of hydrogen-bond donors (Lipinski definition) is 1. The Balaban J connectivity index is 2.66. The van der Waals surface area contributed by atoms with Gasteiger partial charge in [-0.25, -0.2) is 14.6 Å². The van der Waals surface area contributed by atoms with Crippen molar-refractivity contribution in [2.45, 2.75) is 27.2 Å². The van der Waals surface area contributed by atoms with Crippen LogP contribution in [-0.4, -0.2) is 24.7 Å². The number of aryl methyl sites for hydroxylation is 1. The van der Waals surface area contributed by atoms with Gasteiger partial charge in [-0.1, -0.05) is 19.1 Å². The lowest BCUT2D eigenvalue weighted by Crippen LogP contribution is -2.17. The lowest BCUT2D eigenvalue weighted by Gasteiger charge is -2.07. The molecule has 5 nitrogen and oxygen atoms in total. The van der Waals surface area contributed by atoms with Crippen LogP contribution < -0.4 is 5.73 Å². The highest BCUT2D eigenvalue weighted by Gasteiger charge is 2.16. The molecule has 2 heterocycles. The monoisotopic (exact) mass is 261 g/mol. The topological polar surface area (TPSA) is 69.6 Å². The average Bonchev–Trinajstić information content (AvgIpc) is 2.64. The lowest BCUT2D eigenvalue weighted by atomic mass is 10.1. The van der Waals surface area contributed by atoms with Crippen LogP contribution >= 0.6 is 12.2 Å². The number of thiocarbonyl (C=S) groups is 1. The molecule has 0 aliphatic carbocycles. The van der Waals surface area contributed by atoms with E-state index in [-0.39, 0.29) is 4.99 Å². The van der Waals surface area contributed by atoms with Crippen molar-refractivity contribution in [1.29, 1.82) is 0 Å². The van der Waals surface area contributed by atoms with E-state index >= 15 is 0 Å². The quantitative estimate of drug-likeness (QED) is 0.847. The van der Waals surface area contributed by atoms with E-state index in [2.05, 4.69) is 22.0 Å². The van der Waals surface area contributed by atoms with Gasteiger partial charge in [-0.3, -0.25) is 0 Å². The minimum Gasteiger partial charge on any atom is -0.388 e. The molecule has 18 heavy (non-hydrogen) atoms.